The molecule has 0 saturated carbocycles. The Bertz CT molecular complexity index is 3650. The summed E-state index contributed by atoms with van der Waals surface area (Å²) in [7, 11) is 0. The predicted molar refractivity (Wildman–Crippen MR) is 325 cm³/mol. The minimum atomic E-state index is -3.64. The zero-order valence-electron chi connectivity index (χ0n) is 51.8. The molecule has 0 saturated heterocycles. The van der Waals surface area contributed by atoms with Gasteiger partial charge in [0, 0.05) is 82.2 Å². The average molecular weight is 1220 g/mol. The van der Waals surface area contributed by atoms with Gasteiger partial charge in [0.2, 0.25) is 1.43 Å². The number of aliphatic hydroxyl groups is 3. The normalized spacial score (nSPS) is 14.2. The molecule has 19 heteroatoms. The number of para-hydroxylation sites is 2. The van der Waals surface area contributed by atoms with Crippen molar-refractivity contribution in [1.29, 1.82) is 1.43 Å². The molecule has 8 rings (SSSR count). The monoisotopic (exact) mass is 1220 g/mol. The fourth-order valence-electron chi connectivity index (χ4n) is 10.1. The van der Waals surface area contributed by atoms with Crippen molar-refractivity contribution < 1.29 is 69.1 Å². The molecular formula is C66H70Ca2F2N4O11. The third-order valence-electron chi connectivity index (χ3n) is 13.5. The first kappa shape index (κ1) is 62.0. The Hall–Kier alpha value is -6.06. The molecule has 0 aliphatic rings. The van der Waals surface area contributed by atoms with E-state index in [0.29, 0.717) is 67.4 Å². The van der Waals surface area contributed by atoms with Gasteiger partial charge in [-0.3, -0.25) is 14.8 Å². The molecule has 0 radical (unpaired) electrons. The number of amides is 2. The van der Waals surface area contributed by atoms with Crippen molar-refractivity contribution in [3.05, 3.63) is 204 Å². The van der Waals surface area contributed by atoms with Gasteiger partial charge in [-0.25, -0.2) is 13.7 Å². The van der Waals surface area contributed by atoms with E-state index in [9.17, 15) is 53.6 Å². The number of hydrogen-bond acceptors (Lipinski definition) is 11. The van der Waals surface area contributed by atoms with Gasteiger partial charge in [-0.15, -0.1) is 0 Å². The number of rotatable bonds is 26. The van der Waals surface area contributed by atoms with Crippen molar-refractivity contribution in [2.75, 3.05) is 10.6 Å². The number of benzene rings is 6. The number of anilines is 2. The van der Waals surface area contributed by atoms with Gasteiger partial charge in [-0.05, 0) is 126 Å². The van der Waals surface area contributed by atoms with Gasteiger partial charge < -0.3 is 54.9 Å². The zero-order chi connectivity index (χ0) is 64.0. The summed E-state index contributed by atoms with van der Waals surface area (Å²) < 4.78 is 71.5. The molecule has 0 spiro atoms. The molecular weight excluding hydrogens is 1140 g/mol. The Labute approximate surface area is 560 Å². The van der Waals surface area contributed by atoms with Crippen LogP contribution in [0.3, 0.4) is 0 Å². The molecule has 8 aromatic rings. The predicted octanol–water partition coefficient (Wildman–Crippen LogP) is 9.16. The number of aromatic nitrogens is 2. The molecule has 2 heterocycles. The summed E-state index contributed by atoms with van der Waals surface area (Å²) in [6.07, 6.45) is -14.1. The van der Waals surface area contributed by atoms with Crippen molar-refractivity contribution in [1.82, 2.24) is 9.13 Å². The van der Waals surface area contributed by atoms with E-state index < -0.39 is 73.1 Å². The van der Waals surface area contributed by atoms with E-state index in [0.717, 1.165) is 11.3 Å². The number of halogens is 2. The van der Waals surface area contributed by atoms with Crippen LogP contribution in [0.25, 0.3) is 44.8 Å². The molecule has 0 fully saturated rings. The fraction of sp³-hybridized carbons (Fsp3) is 0.273. The van der Waals surface area contributed by atoms with Crippen LogP contribution in [0.15, 0.2) is 170 Å². The molecule has 0 bridgehead atoms. The minimum absolute atomic E-state index is 0. The number of carbonyl (C=O) groups is 4. The van der Waals surface area contributed by atoms with E-state index in [4.69, 9.17) is 6.91 Å². The van der Waals surface area contributed by atoms with Crippen molar-refractivity contribution in [2.24, 2.45) is 0 Å². The first-order valence-corrected chi connectivity index (χ1v) is 27.0. The molecule has 0 aliphatic heterocycles. The summed E-state index contributed by atoms with van der Waals surface area (Å²) in [5.74, 6) is -5.84. The molecule has 15 nitrogen and oxygen atoms in total. The SMILES string of the molecule is CC(C)c1c(C(=O)Nc2ccccc2)c(-c2ccccc2)c(-c2ccc(F)cc2)n1CC[C@@H](O)C[C@@H](O)CC(=O)[O-].[2H]O[C@]([2H])(C([2H])[C@@H](CCn1c(-c2ccc(F)cc2)c(-c2ccccc2)c(C(=O)Nc2ccccc2)c1C(C)C)OO)C([2H])([2H])C(=O)[O-].[Ca+2].[CaH2]. The quantitative estimate of drug-likeness (QED) is 0.0170. The maximum atomic E-state index is 14.2. The average Bonchev–Trinajstić information content (AvgIpc) is 1.64. The number of hydrogen-bond donors (Lipinski definition) is 6. The van der Waals surface area contributed by atoms with Crippen LogP contribution in [0.2, 0.25) is 0 Å². The summed E-state index contributed by atoms with van der Waals surface area (Å²) in [6, 6.07) is 48.2. The van der Waals surface area contributed by atoms with E-state index >= 15 is 0 Å². The fourth-order valence-corrected chi connectivity index (χ4v) is 10.1. The van der Waals surface area contributed by atoms with Crippen LogP contribution in [-0.4, -0.2) is 155 Å². The van der Waals surface area contributed by atoms with Gasteiger partial charge in [-0.1, -0.05) is 125 Å². The number of aliphatic hydroxyl groups excluding tert-OH is 2. The maximum absolute atomic E-state index is 14.2. The van der Waals surface area contributed by atoms with Crippen molar-refractivity contribution in [2.45, 2.75) is 115 Å². The molecule has 2 aromatic heterocycles. The standard InChI is InChI=1S/C33H35FN2O6.C33H35FN2O5.2Ca.2H/c1-21(2)31-30(33(40)35-25-11-7-4-8-12-25)29(22-9-5-3-6-10-22)32(23-13-15-24(34)16-14-23)36(31)18-17-27(42-41)19-26(37)20-28(38)39;1-21(2)31-30(33(41)35-25-11-7-4-8-12-25)29(22-9-5-3-6-10-22)32(23-13-15-24(34)16-14-23)36(31)18-17-26(37)19-27(38)20-28(39)40;;;;/h3-16,21,26-27,37,41H,17-20H2,1-2H3,(H,35,40)(H,38,39);3-16,21,26-27,37-38H,17-20H2,1-2H3,(H,35,41)(H,39,40);;;;/q;;;+2;;/p-2/t2*26-,27-;;;;/m11..../s1/i19D,20D2,26D,37D;;;;;/t19?,26-,27-;;;;;. The van der Waals surface area contributed by atoms with E-state index in [1.54, 1.807) is 77.4 Å². The second kappa shape index (κ2) is 33.7. The van der Waals surface area contributed by atoms with Crippen LogP contribution >= 0.6 is 0 Å². The Kier molecular flexibility index (Phi) is 24.6. The molecule has 5 atom stereocenters. The summed E-state index contributed by atoms with van der Waals surface area (Å²) >= 11 is 0. The number of nitrogens with zero attached hydrogens (tertiary/aromatic N) is 2. The molecule has 6 N–H and O–H groups in total. The second-order valence-corrected chi connectivity index (χ2v) is 20.3. The Morgan fingerprint density at radius 1 is 0.588 bits per heavy atom. The first-order valence-electron chi connectivity index (χ1n) is 29.4. The van der Waals surface area contributed by atoms with E-state index in [1.165, 1.54) is 24.3 Å². The summed E-state index contributed by atoms with van der Waals surface area (Å²) in [6.45, 7) is 7.82. The molecule has 1 unspecified atom stereocenters. The molecule has 6 aromatic carbocycles. The van der Waals surface area contributed by atoms with Crippen LogP contribution < -0.4 is 20.8 Å². The van der Waals surface area contributed by atoms with Gasteiger partial charge in [0.25, 0.3) is 11.8 Å². The summed E-state index contributed by atoms with van der Waals surface area (Å²) in [4.78, 5) is 55.1. The van der Waals surface area contributed by atoms with Gasteiger partial charge in [0.1, 0.15) is 11.6 Å². The van der Waals surface area contributed by atoms with Crippen LogP contribution in [0.4, 0.5) is 20.2 Å². The third kappa shape index (κ3) is 19.0. The molecule has 0 aliphatic carbocycles. The van der Waals surface area contributed by atoms with E-state index in [-0.39, 0.29) is 126 Å². The zero-order valence-corrected chi connectivity index (χ0v) is 49.0. The van der Waals surface area contributed by atoms with Crippen LogP contribution in [0.1, 0.15) is 116 Å². The molecule has 2 amide bonds. The van der Waals surface area contributed by atoms with Crippen LogP contribution in [0, 0.1) is 11.6 Å². The Balaban J connectivity index is 0.000000323. The third-order valence-corrected chi connectivity index (χ3v) is 13.5. The topological polar surface area (TPSA) is 238 Å². The van der Waals surface area contributed by atoms with Gasteiger partial charge >= 0.3 is 75.5 Å². The Morgan fingerprint density at radius 3 is 1.33 bits per heavy atom. The summed E-state index contributed by atoms with van der Waals surface area (Å²) in [5.41, 5.74) is 8.25. The second-order valence-electron chi connectivity index (χ2n) is 20.3. The van der Waals surface area contributed by atoms with Crippen molar-refractivity contribution in [3.8, 4) is 44.8 Å². The van der Waals surface area contributed by atoms with E-state index in [1.807, 2.05) is 105 Å². The van der Waals surface area contributed by atoms with Crippen molar-refractivity contribution in [3.63, 3.8) is 0 Å². The number of carboxylic acids is 2. The Morgan fingerprint density at radius 2 is 0.976 bits per heavy atom. The van der Waals surface area contributed by atoms with Gasteiger partial charge in [0.15, 0.2) is 0 Å². The molecule has 85 heavy (non-hydrogen) atoms. The number of nitrogens with one attached hydrogen (secondary N) is 2. The summed E-state index contributed by atoms with van der Waals surface area (Å²) in [5, 5.41) is 63.0. The first-order chi connectivity index (χ1) is 41.9. The van der Waals surface area contributed by atoms with E-state index in [2.05, 4.69) is 20.6 Å². The molecule has 438 valence electrons. The van der Waals surface area contributed by atoms with Gasteiger partial charge in [0.05, 0.1) is 48.3 Å². The number of carboxylic acid groups (broad SMARTS) is 2. The number of aliphatic carboxylic acids is 2. The number of carbonyl (C=O) groups excluding carboxylic acids is 4. The van der Waals surface area contributed by atoms with Gasteiger partial charge in [-0.2, -0.15) is 0 Å². The van der Waals surface area contributed by atoms with Crippen LogP contribution in [0.5, 0.6) is 0 Å². The van der Waals surface area contributed by atoms with Crippen molar-refractivity contribution >= 4 is 111 Å². The van der Waals surface area contributed by atoms with Crippen LogP contribution in [-0.2, 0) is 27.6 Å².